The Morgan fingerprint density at radius 1 is 1.13 bits per heavy atom. The van der Waals surface area contributed by atoms with Gasteiger partial charge < -0.3 is 9.47 Å². The predicted octanol–water partition coefficient (Wildman–Crippen LogP) is 3.06. The number of benzene rings is 2. The molecule has 1 aliphatic rings. The zero-order chi connectivity index (χ0) is 22.5. The first-order valence-corrected chi connectivity index (χ1v) is 9.32. The molecule has 2 aromatic rings. The number of nitro benzene ring substituents is 1. The van der Waals surface area contributed by atoms with Crippen molar-refractivity contribution in [2.45, 2.75) is 13.3 Å². The summed E-state index contributed by atoms with van der Waals surface area (Å²) in [5.74, 6) is -0.848. The second-order valence-electron chi connectivity index (χ2n) is 6.49. The summed E-state index contributed by atoms with van der Waals surface area (Å²) in [6.07, 6.45) is 2.12. The number of nitrogens with one attached hydrogen (secondary N) is 1. The van der Waals surface area contributed by atoms with Gasteiger partial charge in [0.25, 0.3) is 17.5 Å². The zero-order valence-electron chi connectivity index (χ0n) is 16.8. The Balaban J connectivity index is 1.97. The van der Waals surface area contributed by atoms with E-state index < -0.39 is 22.8 Å². The van der Waals surface area contributed by atoms with E-state index in [1.165, 1.54) is 31.4 Å². The maximum absolute atomic E-state index is 12.9. The molecule has 160 valence electrons. The van der Waals surface area contributed by atoms with E-state index in [4.69, 9.17) is 9.47 Å². The molecule has 4 amide bonds. The molecule has 10 nitrogen and oxygen atoms in total. The lowest BCUT2D eigenvalue weighted by molar-refractivity contribution is -0.384. The Morgan fingerprint density at radius 2 is 1.90 bits per heavy atom. The number of barbiturate groups is 1. The Morgan fingerprint density at radius 3 is 2.58 bits per heavy atom. The molecule has 0 atom stereocenters. The molecule has 0 radical (unpaired) electrons. The molecule has 0 aliphatic carbocycles. The van der Waals surface area contributed by atoms with Crippen LogP contribution in [0.5, 0.6) is 11.5 Å². The van der Waals surface area contributed by atoms with Gasteiger partial charge in [-0.1, -0.05) is 19.1 Å². The summed E-state index contributed by atoms with van der Waals surface area (Å²) in [5.41, 5.74) is -0.174. The van der Waals surface area contributed by atoms with Crippen molar-refractivity contribution in [3.8, 4) is 11.5 Å². The van der Waals surface area contributed by atoms with E-state index >= 15 is 0 Å². The van der Waals surface area contributed by atoms with E-state index in [1.54, 1.807) is 18.2 Å². The van der Waals surface area contributed by atoms with Gasteiger partial charge in [0.1, 0.15) is 5.57 Å². The van der Waals surface area contributed by atoms with Crippen LogP contribution >= 0.6 is 0 Å². The number of amides is 4. The van der Waals surface area contributed by atoms with Gasteiger partial charge in [-0.15, -0.1) is 0 Å². The van der Waals surface area contributed by atoms with Crippen LogP contribution in [0, 0.1) is 10.1 Å². The first-order valence-electron chi connectivity index (χ1n) is 9.32. The number of nitrogens with zero attached hydrogens (tertiary/aromatic N) is 2. The van der Waals surface area contributed by atoms with Gasteiger partial charge in [0.15, 0.2) is 11.5 Å². The van der Waals surface area contributed by atoms with E-state index in [2.05, 4.69) is 5.32 Å². The van der Waals surface area contributed by atoms with Crippen molar-refractivity contribution >= 4 is 35.3 Å². The van der Waals surface area contributed by atoms with Crippen LogP contribution in [0.2, 0.25) is 0 Å². The summed E-state index contributed by atoms with van der Waals surface area (Å²) in [6.45, 7) is 2.46. The van der Waals surface area contributed by atoms with Crippen molar-refractivity contribution in [1.82, 2.24) is 5.32 Å². The first kappa shape index (κ1) is 21.5. The lowest BCUT2D eigenvalue weighted by Gasteiger charge is -2.26. The number of hydrogen-bond acceptors (Lipinski definition) is 7. The number of imide groups is 2. The fraction of sp³-hybridized carbons (Fsp3) is 0.190. The van der Waals surface area contributed by atoms with Crippen LogP contribution in [0.3, 0.4) is 0 Å². The molecule has 1 saturated heterocycles. The van der Waals surface area contributed by atoms with Gasteiger partial charge in [0, 0.05) is 12.1 Å². The second kappa shape index (κ2) is 9.08. The topological polar surface area (TPSA) is 128 Å². The highest BCUT2D eigenvalue weighted by Gasteiger charge is 2.37. The first-order chi connectivity index (χ1) is 14.8. The molecular formula is C21H19N3O7. The molecule has 2 aromatic carbocycles. The third-order valence-corrected chi connectivity index (χ3v) is 4.36. The van der Waals surface area contributed by atoms with E-state index in [0.29, 0.717) is 28.6 Å². The van der Waals surface area contributed by atoms with Gasteiger partial charge in [-0.2, -0.15) is 0 Å². The Kier molecular flexibility index (Phi) is 6.29. The largest absolute Gasteiger partial charge is 0.493 e. The number of ether oxygens (including phenoxy) is 2. The van der Waals surface area contributed by atoms with Gasteiger partial charge >= 0.3 is 6.03 Å². The number of anilines is 1. The molecule has 1 N–H and O–H groups in total. The molecule has 1 fully saturated rings. The highest BCUT2D eigenvalue weighted by atomic mass is 16.6. The number of carbonyl (C=O) groups is 3. The molecule has 31 heavy (non-hydrogen) atoms. The van der Waals surface area contributed by atoms with E-state index in [9.17, 15) is 24.5 Å². The minimum atomic E-state index is -0.992. The fourth-order valence-electron chi connectivity index (χ4n) is 2.91. The number of rotatable bonds is 7. The molecule has 0 bridgehead atoms. The summed E-state index contributed by atoms with van der Waals surface area (Å²) < 4.78 is 10.9. The van der Waals surface area contributed by atoms with Crippen LogP contribution in [0.25, 0.3) is 6.08 Å². The molecule has 0 saturated carbocycles. The fourth-order valence-corrected chi connectivity index (χ4v) is 2.91. The van der Waals surface area contributed by atoms with E-state index in [0.717, 1.165) is 12.5 Å². The quantitative estimate of drug-likeness (QED) is 0.312. The number of methoxy groups -OCH3 is 1. The van der Waals surface area contributed by atoms with Crippen LogP contribution in [0.4, 0.5) is 16.2 Å². The summed E-state index contributed by atoms with van der Waals surface area (Å²) in [7, 11) is 1.46. The van der Waals surface area contributed by atoms with Crippen LogP contribution in [-0.4, -0.2) is 36.5 Å². The SMILES string of the molecule is CCCOc1ccc(/C=C2\C(=O)NC(=O)N(c3cccc([N+](=O)[O-])c3)C2=O)cc1OC. The highest BCUT2D eigenvalue weighted by Crippen LogP contribution is 2.30. The monoisotopic (exact) mass is 425 g/mol. The standard InChI is InChI=1S/C21H19N3O7/c1-3-9-31-17-8-7-13(11-18(17)30-2)10-16-19(25)22-21(27)23(20(16)26)14-5-4-6-15(12-14)24(28)29/h4-8,10-12H,3,9H2,1-2H3,(H,22,25,27)/b16-10+. The number of carbonyl (C=O) groups excluding carboxylic acids is 3. The third-order valence-electron chi connectivity index (χ3n) is 4.36. The Labute approximate surface area is 177 Å². The summed E-state index contributed by atoms with van der Waals surface area (Å²) in [4.78, 5) is 48.6. The highest BCUT2D eigenvalue weighted by molar-refractivity contribution is 6.39. The minimum Gasteiger partial charge on any atom is -0.493 e. The smallest absolute Gasteiger partial charge is 0.335 e. The van der Waals surface area contributed by atoms with Gasteiger partial charge in [-0.05, 0) is 36.3 Å². The molecule has 3 rings (SSSR count). The lowest BCUT2D eigenvalue weighted by atomic mass is 10.1. The molecule has 0 aromatic heterocycles. The molecule has 0 spiro atoms. The zero-order valence-corrected chi connectivity index (χ0v) is 16.8. The molecule has 0 unspecified atom stereocenters. The van der Waals surface area contributed by atoms with Crippen molar-refractivity contribution in [3.63, 3.8) is 0 Å². The predicted molar refractivity (Wildman–Crippen MR) is 111 cm³/mol. The summed E-state index contributed by atoms with van der Waals surface area (Å²) in [5, 5.41) is 13.1. The van der Waals surface area contributed by atoms with Crippen LogP contribution < -0.4 is 19.7 Å². The molecule has 10 heteroatoms. The summed E-state index contributed by atoms with van der Waals surface area (Å²) >= 11 is 0. The number of urea groups is 1. The van der Waals surface area contributed by atoms with Crippen molar-refractivity contribution in [3.05, 3.63) is 63.7 Å². The van der Waals surface area contributed by atoms with E-state index in [-0.39, 0.29) is 16.9 Å². The Bertz CT molecular complexity index is 1090. The van der Waals surface area contributed by atoms with Crippen LogP contribution in [-0.2, 0) is 9.59 Å². The maximum atomic E-state index is 12.9. The van der Waals surface area contributed by atoms with Crippen LogP contribution in [0.15, 0.2) is 48.0 Å². The summed E-state index contributed by atoms with van der Waals surface area (Å²) in [6, 6.07) is 8.89. The van der Waals surface area contributed by atoms with Crippen LogP contribution in [0.1, 0.15) is 18.9 Å². The molecule has 1 heterocycles. The molecular weight excluding hydrogens is 406 g/mol. The number of nitro groups is 1. The lowest BCUT2D eigenvalue weighted by Crippen LogP contribution is -2.54. The average molecular weight is 425 g/mol. The average Bonchev–Trinajstić information content (AvgIpc) is 2.75. The normalized spacial score (nSPS) is 15.1. The number of hydrogen-bond donors (Lipinski definition) is 1. The van der Waals surface area contributed by atoms with E-state index in [1.807, 2.05) is 6.92 Å². The van der Waals surface area contributed by atoms with Crippen molar-refractivity contribution in [2.24, 2.45) is 0 Å². The van der Waals surface area contributed by atoms with Gasteiger partial charge in [-0.3, -0.25) is 25.0 Å². The third kappa shape index (κ3) is 4.53. The Hall–Kier alpha value is -4.21. The van der Waals surface area contributed by atoms with Crippen molar-refractivity contribution < 1.29 is 28.8 Å². The van der Waals surface area contributed by atoms with Gasteiger partial charge in [0.2, 0.25) is 0 Å². The van der Waals surface area contributed by atoms with Gasteiger partial charge in [0.05, 0.1) is 24.3 Å². The van der Waals surface area contributed by atoms with Gasteiger partial charge in [-0.25, -0.2) is 9.69 Å². The molecule has 1 aliphatic heterocycles. The minimum absolute atomic E-state index is 0.0315. The number of non-ortho nitro benzene ring substituents is 1. The maximum Gasteiger partial charge on any atom is 0.335 e. The second-order valence-corrected chi connectivity index (χ2v) is 6.49. The van der Waals surface area contributed by atoms with Crippen molar-refractivity contribution in [2.75, 3.05) is 18.6 Å². The van der Waals surface area contributed by atoms with Crippen molar-refractivity contribution in [1.29, 1.82) is 0 Å².